The van der Waals surface area contributed by atoms with E-state index in [1.165, 1.54) is 51.4 Å². The van der Waals surface area contributed by atoms with Crippen LogP contribution in [0.4, 0.5) is 0 Å². The van der Waals surface area contributed by atoms with E-state index in [2.05, 4.69) is 19.1 Å². The van der Waals surface area contributed by atoms with Crippen molar-refractivity contribution in [3.05, 3.63) is 24.8 Å². The molecule has 0 spiro atoms. The maximum Gasteiger partial charge on any atom is -0.0279 e. The third kappa shape index (κ3) is 11.5. The zero-order valence-electron chi connectivity index (χ0n) is 9.60. The molecule has 0 nitrogen and oxygen atoms in total. The summed E-state index contributed by atoms with van der Waals surface area (Å²) >= 11 is 0. The minimum atomic E-state index is 1.08. The van der Waals surface area contributed by atoms with Gasteiger partial charge in [-0.25, -0.2) is 0 Å². The first-order valence-corrected chi connectivity index (χ1v) is 6.00. The smallest absolute Gasteiger partial charge is 0.0279 e. The molecule has 1 rings (SSSR count). The Bertz CT molecular complexity index is 125. The average Bonchev–Trinajstić information content (AvgIpc) is 2.28. The summed E-state index contributed by atoms with van der Waals surface area (Å²) in [5.41, 5.74) is 0. The Kier molecular flexibility index (Phi) is 12.0. The highest BCUT2D eigenvalue weighted by atomic mass is 13.9. The molecule has 0 aromatic rings. The first-order chi connectivity index (χ1) is 6.91. The van der Waals surface area contributed by atoms with E-state index >= 15 is 0 Å². The van der Waals surface area contributed by atoms with Crippen LogP contribution >= 0.6 is 0 Å². The number of rotatable bonds is 5. The Hall–Kier alpha value is -0.520. The van der Waals surface area contributed by atoms with Crippen LogP contribution in [0.15, 0.2) is 12.2 Å². The zero-order valence-corrected chi connectivity index (χ0v) is 9.60. The Morgan fingerprint density at radius 3 is 2.50 bits per heavy atom. The van der Waals surface area contributed by atoms with Gasteiger partial charge in [0.15, 0.2) is 0 Å². The van der Waals surface area contributed by atoms with Gasteiger partial charge in [0.1, 0.15) is 0 Å². The summed E-state index contributed by atoms with van der Waals surface area (Å²) in [6.45, 7) is 7.40. The highest BCUT2D eigenvalue weighted by molar-refractivity contribution is 4.77. The van der Waals surface area contributed by atoms with Crippen LogP contribution in [0.2, 0.25) is 0 Å². The van der Waals surface area contributed by atoms with Crippen LogP contribution < -0.4 is 0 Å². The second-order valence-corrected chi connectivity index (χ2v) is 3.74. The van der Waals surface area contributed by atoms with E-state index in [4.69, 9.17) is 6.58 Å². The largest absolute Gasteiger partial charge is 0.0845 e. The predicted molar refractivity (Wildman–Crippen MR) is 63.9 cm³/mol. The number of allylic oxidation sites excluding steroid dienone is 3. The van der Waals surface area contributed by atoms with Gasteiger partial charge in [0.2, 0.25) is 0 Å². The van der Waals surface area contributed by atoms with Crippen LogP contribution in [0, 0.1) is 12.7 Å². The Morgan fingerprint density at radius 2 is 2.14 bits per heavy atom. The molecule has 0 atom stereocenters. The molecular formula is C14H24. The summed E-state index contributed by atoms with van der Waals surface area (Å²) < 4.78 is 0. The van der Waals surface area contributed by atoms with Crippen molar-refractivity contribution in [1.82, 2.24) is 0 Å². The molecule has 14 heavy (non-hydrogen) atoms. The van der Waals surface area contributed by atoms with Crippen molar-refractivity contribution in [3.8, 4) is 0 Å². The third-order valence-electron chi connectivity index (χ3n) is 2.29. The predicted octanol–water partition coefficient (Wildman–Crippen LogP) is 4.87. The molecule has 0 heterocycles. The van der Waals surface area contributed by atoms with Crippen molar-refractivity contribution < 1.29 is 0 Å². The van der Waals surface area contributed by atoms with Gasteiger partial charge in [-0.3, -0.25) is 0 Å². The van der Waals surface area contributed by atoms with Crippen molar-refractivity contribution in [2.24, 2.45) is 0 Å². The van der Waals surface area contributed by atoms with Crippen molar-refractivity contribution in [2.45, 2.75) is 64.7 Å². The molecule has 0 aromatic heterocycles. The fraction of sp³-hybridized carbons (Fsp3) is 0.714. The third-order valence-corrected chi connectivity index (χ3v) is 2.29. The summed E-state index contributed by atoms with van der Waals surface area (Å²) in [5, 5.41) is 0. The lowest BCUT2D eigenvalue weighted by Gasteiger charge is -1.96. The normalized spacial score (nSPS) is 14.4. The molecular weight excluding hydrogens is 168 g/mol. The lowest BCUT2D eigenvalue weighted by molar-refractivity contribution is 0.674. The van der Waals surface area contributed by atoms with Crippen molar-refractivity contribution in [2.75, 3.05) is 0 Å². The summed E-state index contributed by atoms with van der Waals surface area (Å²) in [7, 11) is 0. The molecule has 0 heteroatoms. The van der Waals surface area contributed by atoms with E-state index in [-0.39, 0.29) is 0 Å². The van der Waals surface area contributed by atoms with E-state index in [1.807, 2.05) is 0 Å². The fourth-order valence-electron chi connectivity index (χ4n) is 1.37. The quantitative estimate of drug-likeness (QED) is 0.545. The molecule has 0 saturated heterocycles. The summed E-state index contributed by atoms with van der Waals surface area (Å²) in [5.74, 6) is 0. The molecule has 2 radical (unpaired) electrons. The van der Waals surface area contributed by atoms with Crippen LogP contribution in [-0.4, -0.2) is 0 Å². The van der Waals surface area contributed by atoms with Crippen molar-refractivity contribution in [3.63, 3.8) is 0 Å². The van der Waals surface area contributed by atoms with E-state index < -0.39 is 0 Å². The molecule has 0 unspecified atom stereocenters. The molecule has 0 amide bonds. The molecule has 80 valence electrons. The van der Waals surface area contributed by atoms with E-state index in [0.29, 0.717) is 0 Å². The van der Waals surface area contributed by atoms with Gasteiger partial charge in [-0.1, -0.05) is 44.9 Å². The number of unbranched alkanes of at least 4 members (excludes halogenated alkanes) is 4. The fourth-order valence-corrected chi connectivity index (χ4v) is 1.37. The van der Waals surface area contributed by atoms with Gasteiger partial charge >= 0.3 is 0 Å². The second-order valence-electron chi connectivity index (χ2n) is 3.74. The molecule has 0 aromatic carbocycles. The van der Waals surface area contributed by atoms with Gasteiger partial charge in [-0.2, -0.15) is 0 Å². The highest BCUT2D eigenvalue weighted by Gasteiger charge is 1.87. The zero-order chi connectivity index (χ0) is 10.5. The molecule has 0 saturated carbocycles. The Labute approximate surface area is 90.1 Å². The van der Waals surface area contributed by atoms with Crippen LogP contribution in [0.5, 0.6) is 0 Å². The van der Waals surface area contributed by atoms with Gasteiger partial charge in [-0.05, 0) is 44.6 Å². The van der Waals surface area contributed by atoms with Crippen molar-refractivity contribution in [1.29, 1.82) is 0 Å². The second kappa shape index (κ2) is 12.5. The number of hydrogen-bond acceptors (Lipinski definition) is 0. The van der Waals surface area contributed by atoms with Gasteiger partial charge < -0.3 is 0 Å². The van der Waals surface area contributed by atoms with Gasteiger partial charge in [0, 0.05) is 0 Å². The molecule has 0 bridgehead atoms. The van der Waals surface area contributed by atoms with Crippen molar-refractivity contribution >= 4 is 0 Å². The monoisotopic (exact) mass is 192 g/mol. The summed E-state index contributed by atoms with van der Waals surface area (Å²) in [4.78, 5) is 0. The molecule has 0 fully saturated rings. The van der Waals surface area contributed by atoms with Crippen LogP contribution in [-0.2, 0) is 0 Å². The maximum absolute atomic E-state index is 5.19. The Balaban J connectivity index is 0.000000249. The van der Waals surface area contributed by atoms with Gasteiger partial charge in [0.25, 0.3) is 0 Å². The van der Waals surface area contributed by atoms with E-state index in [0.717, 1.165) is 6.42 Å². The minimum absolute atomic E-state index is 1.08. The SMILES string of the molecule is [CH]=CCCCCCC.[C]1=CCCCC1. The Morgan fingerprint density at radius 1 is 1.29 bits per heavy atom. The lowest BCUT2D eigenvalue weighted by atomic mass is 10.1. The maximum atomic E-state index is 5.19. The van der Waals surface area contributed by atoms with E-state index in [9.17, 15) is 0 Å². The average molecular weight is 192 g/mol. The first-order valence-electron chi connectivity index (χ1n) is 6.00. The first kappa shape index (κ1) is 13.5. The van der Waals surface area contributed by atoms with Crippen LogP contribution in [0.3, 0.4) is 0 Å². The molecule has 0 aliphatic heterocycles. The topological polar surface area (TPSA) is 0 Å². The van der Waals surface area contributed by atoms with E-state index in [1.54, 1.807) is 6.08 Å². The highest BCUT2D eigenvalue weighted by Crippen LogP contribution is 2.06. The van der Waals surface area contributed by atoms with Gasteiger partial charge in [-0.15, -0.1) is 0 Å². The number of hydrogen-bond donors (Lipinski definition) is 0. The summed E-state index contributed by atoms with van der Waals surface area (Å²) in [6, 6.07) is 0. The molecule has 1 aliphatic carbocycles. The standard InChI is InChI=1S/C8H15.C6H9/c1-3-5-7-8-6-4-2;1-2-4-6-5-3-1/h1,3H,4-8H2,2H3;1H,2,4-6H2. The van der Waals surface area contributed by atoms with Crippen LogP contribution in [0.25, 0.3) is 0 Å². The molecule has 0 N–H and O–H groups in total. The van der Waals surface area contributed by atoms with Gasteiger partial charge in [0.05, 0.1) is 0 Å². The van der Waals surface area contributed by atoms with Crippen LogP contribution in [0.1, 0.15) is 64.7 Å². The molecule has 1 aliphatic rings. The summed E-state index contributed by atoms with van der Waals surface area (Å²) in [6.07, 6.45) is 18.6. The minimum Gasteiger partial charge on any atom is -0.0845 e. The lowest BCUT2D eigenvalue weighted by Crippen LogP contribution is -1.78.